The van der Waals surface area contributed by atoms with Crippen LogP contribution in [0.4, 0.5) is 30.5 Å². The van der Waals surface area contributed by atoms with Gasteiger partial charge >= 0.3 is 6.18 Å². The van der Waals surface area contributed by atoms with Gasteiger partial charge in [0.15, 0.2) is 0 Å². The third-order valence-corrected chi connectivity index (χ3v) is 3.38. The first kappa shape index (κ1) is 14.9. The maximum atomic E-state index is 12.8. The SMILES string of the molecule is NNc1cc(C(F)(F)F)cc(Nc2ccccc2I)n1. The van der Waals surface area contributed by atoms with Crippen molar-refractivity contribution in [2.45, 2.75) is 6.18 Å². The number of pyridine rings is 1. The summed E-state index contributed by atoms with van der Waals surface area (Å²) in [6, 6.07) is 8.97. The highest BCUT2D eigenvalue weighted by molar-refractivity contribution is 14.1. The van der Waals surface area contributed by atoms with E-state index in [1.54, 1.807) is 12.1 Å². The van der Waals surface area contributed by atoms with E-state index in [9.17, 15) is 13.2 Å². The van der Waals surface area contributed by atoms with E-state index in [2.05, 4.69) is 38.3 Å². The fourth-order valence-electron chi connectivity index (χ4n) is 1.53. The van der Waals surface area contributed by atoms with Crippen molar-refractivity contribution in [3.05, 3.63) is 45.5 Å². The van der Waals surface area contributed by atoms with E-state index in [0.717, 1.165) is 15.7 Å². The summed E-state index contributed by atoms with van der Waals surface area (Å²) in [6.45, 7) is 0. The van der Waals surface area contributed by atoms with Gasteiger partial charge in [-0.3, -0.25) is 0 Å². The van der Waals surface area contributed by atoms with Gasteiger partial charge < -0.3 is 10.7 Å². The average Bonchev–Trinajstić information content (AvgIpc) is 2.40. The lowest BCUT2D eigenvalue weighted by atomic mass is 10.2. The van der Waals surface area contributed by atoms with Crippen molar-refractivity contribution in [3.63, 3.8) is 0 Å². The topological polar surface area (TPSA) is 63.0 Å². The molecular weight excluding hydrogens is 384 g/mol. The number of benzene rings is 1. The molecule has 20 heavy (non-hydrogen) atoms. The predicted octanol–water partition coefficient (Wildman–Crippen LogP) is 3.73. The number of aromatic nitrogens is 1. The molecule has 0 saturated heterocycles. The number of para-hydroxylation sites is 1. The summed E-state index contributed by atoms with van der Waals surface area (Å²) in [6.07, 6.45) is -4.46. The molecule has 1 aromatic carbocycles. The van der Waals surface area contributed by atoms with Crippen LogP contribution < -0.4 is 16.6 Å². The number of nitrogens with one attached hydrogen (secondary N) is 2. The average molecular weight is 394 g/mol. The zero-order valence-corrected chi connectivity index (χ0v) is 12.2. The molecule has 4 N–H and O–H groups in total. The zero-order valence-electron chi connectivity index (χ0n) is 10.0. The van der Waals surface area contributed by atoms with E-state index >= 15 is 0 Å². The molecular formula is C12H10F3IN4. The van der Waals surface area contributed by atoms with Crippen molar-refractivity contribution in [1.29, 1.82) is 0 Å². The van der Waals surface area contributed by atoms with Gasteiger partial charge in [0, 0.05) is 3.57 Å². The Hall–Kier alpha value is -1.55. The number of anilines is 3. The molecule has 0 atom stereocenters. The Labute approximate surface area is 126 Å². The molecule has 0 aliphatic carbocycles. The maximum Gasteiger partial charge on any atom is 0.416 e. The van der Waals surface area contributed by atoms with Gasteiger partial charge in [0.2, 0.25) is 0 Å². The molecule has 1 aromatic heterocycles. The fourth-order valence-corrected chi connectivity index (χ4v) is 2.06. The number of hydrazine groups is 1. The van der Waals surface area contributed by atoms with Gasteiger partial charge in [-0.1, -0.05) is 12.1 Å². The number of alkyl halides is 3. The molecule has 106 valence electrons. The highest BCUT2D eigenvalue weighted by Gasteiger charge is 2.31. The molecule has 2 aromatic rings. The molecule has 0 aliphatic heterocycles. The van der Waals surface area contributed by atoms with Crippen LogP contribution in [0, 0.1) is 3.57 Å². The van der Waals surface area contributed by atoms with E-state index in [4.69, 9.17) is 5.84 Å². The van der Waals surface area contributed by atoms with Gasteiger partial charge in [-0.2, -0.15) is 13.2 Å². The largest absolute Gasteiger partial charge is 0.416 e. The Morgan fingerprint density at radius 2 is 1.75 bits per heavy atom. The number of nitrogens with zero attached hydrogens (tertiary/aromatic N) is 1. The molecule has 0 unspecified atom stereocenters. The van der Waals surface area contributed by atoms with E-state index in [1.807, 2.05) is 12.1 Å². The number of rotatable bonds is 3. The summed E-state index contributed by atoms with van der Waals surface area (Å²) in [5.41, 5.74) is 1.97. The van der Waals surface area contributed by atoms with Crippen molar-refractivity contribution < 1.29 is 13.2 Å². The van der Waals surface area contributed by atoms with Crippen LogP contribution in [-0.2, 0) is 6.18 Å². The first-order valence-electron chi connectivity index (χ1n) is 5.47. The summed E-state index contributed by atoms with van der Waals surface area (Å²) in [4.78, 5) is 3.95. The van der Waals surface area contributed by atoms with Crippen molar-refractivity contribution in [1.82, 2.24) is 4.98 Å². The molecule has 0 spiro atoms. The Morgan fingerprint density at radius 1 is 1.10 bits per heavy atom. The smallest absolute Gasteiger partial charge is 0.339 e. The molecule has 0 radical (unpaired) electrons. The van der Waals surface area contributed by atoms with Crippen molar-refractivity contribution in [2.24, 2.45) is 5.84 Å². The van der Waals surface area contributed by atoms with Gasteiger partial charge in [0.25, 0.3) is 0 Å². The van der Waals surface area contributed by atoms with E-state index < -0.39 is 11.7 Å². The number of hydrogen-bond donors (Lipinski definition) is 3. The van der Waals surface area contributed by atoms with Crippen molar-refractivity contribution in [3.8, 4) is 0 Å². The Morgan fingerprint density at radius 3 is 2.35 bits per heavy atom. The second kappa shape index (κ2) is 5.83. The number of nitrogen functional groups attached to an aromatic ring is 1. The van der Waals surface area contributed by atoms with Crippen molar-refractivity contribution >= 4 is 39.9 Å². The fraction of sp³-hybridized carbons (Fsp3) is 0.0833. The molecule has 0 aliphatic rings. The van der Waals surface area contributed by atoms with E-state index in [0.29, 0.717) is 5.69 Å². The minimum Gasteiger partial charge on any atom is -0.339 e. The molecule has 0 saturated carbocycles. The quantitative estimate of drug-likeness (QED) is 0.422. The summed E-state index contributed by atoms with van der Waals surface area (Å²) in [5.74, 6) is 5.15. The van der Waals surface area contributed by atoms with Crippen LogP contribution >= 0.6 is 22.6 Å². The minimum atomic E-state index is -4.46. The molecule has 0 fully saturated rings. The first-order valence-corrected chi connectivity index (χ1v) is 6.55. The highest BCUT2D eigenvalue weighted by Crippen LogP contribution is 2.33. The summed E-state index contributed by atoms with van der Waals surface area (Å²) in [5, 5.41) is 2.85. The Kier molecular flexibility index (Phi) is 4.33. The third kappa shape index (κ3) is 3.51. The minimum absolute atomic E-state index is 0.0618. The third-order valence-electron chi connectivity index (χ3n) is 2.44. The normalized spacial score (nSPS) is 11.2. The Balaban J connectivity index is 2.39. The van der Waals surface area contributed by atoms with Crippen LogP contribution in [0.2, 0.25) is 0 Å². The van der Waals surface area contributed by atoms with Crippen LogP contribution in [0.1, 0.15) is 5.56 Å². The zero-order chi connectivity index (χ0) is 14.8. The van der Waals surface area contributed by atoms with Gasteiger partial charge in [-0.05, 0) is 46.9 Å². The second-order valence-electron chi connectivity index (χ2n) is 3.87. The van der Waals surface area contributed by atoms with Crippen molar-refractivity contribution in [2.75, 3.05) is 10.7 Å². The standard InChI is InChI=1S/C12H10F3IN4/c13-12(14,15)7-5-10(19-11(6-7)20-17)18-9-4-2-1-3-8(9)16/h1-6H,17H2,(H2,18,19,20). The van der Waals surface area contributed by atoms with Crippen LogP contribution in [0.15, 0.2) is 36.4 Å². The summed E-state index contributed by atoms with van der Waals surface area (Å²) < 4.78 is 39.2. The van der Waals surface area contributed by atoms with Gasteiger partial charge in [0.1, 0.15) is 11.6 Å². The first-order chi connectivity index (χ1) is 9.40. The number of hydrogen-bond acceptors (Lipinski definition) is 4. The maximum absolute atomic E-state index is 12.8. The molecule has 0 amide bonds. The number of halogens is 4. The lowest BCUT2D eigenvalue weighted by Crippen LogP contribution is -2.13. The Bertz CT molecular complexity index is 616. The lowest BCUT2D eigenvalue weighted by molar-refractivity contribution is -0.137. The van der Waals surface area contributed by atoms with Crippen LogP contribution in [0.5, 0.6) is 0 Å². The molecule has 1 heterocycles. The molecule has 4 nitrogen and oxygen atoms in total. The van der Waals surface area contributed by atoms with Crippen LogP contribution in [0.3, 0.4) is 0 Å². The van der Waals surface area contributed by atoms with Gasteiger partial charge in [0.05, 0.1) is 11.3 Å². The molecule has 8 heteroatoms. The molecule has 2 rings (SSSR count). The predicted molar refractivity (Wildman–Crippen MR) is 79.5 cm³/mol. The second-order valence-corrected chi connectivity index (χ2v) is 5.04. The van der Waals surface area contributed by atoms with Gasteiger partial charge in [-0.25, -0.2) is 10.8 Å². The lowest BCUT2D eigenvalue weighted by Gasteiger charge is -2.13. The summed E-state index contributed by atoms with van der Waals surface area (Å²) >= 11 is 2.08. The van der Waals surface area contributed by atoms with Gasteiger partial charge in [-0.15, -0.1) is 0 Å². The monoisotopic (exact) mass is 394 g/mol. The summed E-state index contributed by atoms with van der Waals surface area (Å²) in [7, 11) is 0. The van der Waals surface area contributed by atoms with Crippen LogP contribution in [-0.4, -0.2) is 4.98 Å². The number of nitrogens with two attached hydrogens (primary N) is 1. The van der Waals surface area contributed by atoms with Crippen LogP contribution in [0.25, 0.3) is 0 Å². The van der Waals surface area contributed by atoms with E-state index in [-0.39, 0.29) is 11.6 Å². The highest BCUT2D eigenvalue weighted by atomic mass is 127. The van der Waals surface area contributed by atoms with E-state index in [1.165, 1.54) is 0 Å². The molecule has 0 bridgehead atoms.